The zero-order chi connectivity index (χ0) is 19.4. The van der Waals surface area contributed by atoms with Gasteiger partial charge in [-0.1, -0.05) is 45.0 Å². The summed E-state index contributed by atoms with van der Waals surface area (Å²) in [5.74, 6) is 0.803. The maximum Gasteiger partial charge on any atom is 0.225 e. The van der Waals surface area contributed by atoms with Crippen LogP contribution in [0.4, 0.5) is 4.39 Å². The third-order valence-electron chi connectivity index (χ3n) is 4.53. The Kier molecular flexibility index (Phi) is 5.59. The highest BCUT2D eigenvalue weighted by Gasteiger charge is 2.20. The Hall–Kier alpha value is -2.69. The molecule has 0 spiro atoms. The van der Waals surface area contributed by atoms with Crippen molar-refractivity contribution in [2.45, 2.75) is 40.2 Å². The molecule has 1 amide bonds. The maximum absolute atomic E-state index is 13.2. The van der Waals surface area contributed by atoms with E-state index in [9.17, 15) is 9.18 Å². The summed E-state index contributed by atoms with van der Waals surface area (Å²) in [6, 6.07) is 14.6. The molecular formula is C22H26FN3O. The summed E-state index contributed by atoms with van der Waals surface area (Å²) >= 11 is 0. The number of carbonyl (C=O) groups excluding carboxylic acids is 1. The Morgan fingerprint density at radius 2 is 1.81 bits per heavy atom. The predicted molar refractivity (Wildman–Crippen MR) is 106 cm³/mol. The Labute approximate surface area is 159 Å². The zero-order valence-electron chi connectivity index (χ0n) is 16.1. The van der Waals surface area contributed by atoms with Gasteiger partial charge in [0.25, 0.3) is 0 Å². The zero-order valence-corrected chi connectivity index (χ0v) is 16.1. The van der Waals surface area contributed by atoms with Crippen molar-refractivity contribution in [3.63, 3.8) is 0 Å². The number of carbonyl (C=O) groups is 1. The Morgan fingerprint density at radius 3 is 2.52 bits per heavy atom. The number of fused-ring (bicyclic) bond motifs is 1. The van der Waals surface area contributed by atoms with Crippen molar-refractivity contribution in [3.8, 4) is 0 Å². The Bertz CT molecular complexity index is 923. The molecule has 0 fully saturated rings. The van der Waals surface area contributed by atoms with Crippen LogP contribution in [0.25, 0.3) is 11.0 Å². The highest BCUT2D eigenvalue weighted by Crippen LogP contribution is 2.19. The summed E-state index contributed by atoms with van der Waals surface area (Å²) in [4.78, 5) is 16.8. The number of hydrogen-bond donors (Lipinski definition) is 1. The van der Waals surface area contributed by atoms with Crippen molar-refractivity contribution in [1.82, 2.24) is 14.9 Å². The van der Waals surface area contributed by atoms with Crippen LogP contribution in [-0.4, -0.2) is 22.0 Å². The average molecular weight is 367 g/mol. The monoisotopic (exact) mass is 367 g/mol. The number of hydrogen-bond acceptors (Lipinski definition) is 2. The molecule has 27 heavy (non-hydrogen) atoms. The molecule has 2 aromatic carbocycles. The second-order valence-corrected chi connectivity index (χ2v) is 7.84. The topological polar surface area (TPSA) is 46.9 Å². The molecule has 0 unspecified atom stereocenters. The fraction of sp³-hybridized carbons (Fsp3) is 0.364. The molecule has 0 aliphatic rings. The first kappa shape index (κ1) is 19.1. The summed E-state index contributed by atoms with van der Waals surface area (Å²) in [5, 5.41) is 2.98. The van der Waals surface area contributed by atoms with Gasteiger partial charge in [-0.2, -0.15) is 0 Å². The van der Waals surface area contributed by atoms with Gasteiger partial charge in [0, 0.05) is 24.9 Å². The first-order valence-corrected chi connectivity index (χ1v) is 9.31. The van der Waals surface area contributed by atoms with Gasteiger partial charge in [-0.25, -0.2) is 9.37 Å². The lowest BCUT2D eigenvalue weighted by Crippen LogP contribution is -2.35. The SMILES string of the molecule is CC(C)(C)C(=O)NCCCc1nc2ccccc2n1Cc1ccc(F)cc1. The number of aryl methyl sites for hydroxylation is 1. The quantitative estimate of drug-likeness (QED) is 0.660. The van der Waals surface area contributed by atoms with Crippen LogP contribution >= 0.6 is 0 Å². The molecule has 0 atom stereocenters. The number of halogens is 1. The fourth-order valence-corrected chi connectivity index (χ4v) is 2.98. The van der Waals surface area contributed by atoms with E-state index >= 15 is 0 Å². The molecule has 3 rings (SSSR count). The maximum atomic E-state index is 13.2. The van der Waals surface area contributed by atoms with Gasteiger partial charge in [0.2, 0.25) is 5.91 Å². The summed E-state index contributed by atoms with van der Waals surface area (Å²) in [6.07, 6.45) is 1.58. The minimum absolute atomic E-state index is 0.0577. The van der Waals surface area contributed by atoms with Crippen molar-refractivity contribution in [3.05, 3.63) is 65.7 Å². The first-order chi connectivity index (χ1) is 12.8. The molecule has 142 valence electrons. The normalized spacial score (nSPS) is 11.7. The van der Waals surface area contributed by atoms with Crippen molar-refractivity contribution in [2.24, 2.45) is 5.41 Å². The average Bonchev–Trinajstić information content (AvgIpc) is 2.97. The Morgan fingerprint density at radius 1 is 1.11 bits per heavy atom. The number of benzene rings is 2. The van der Waals surface area contributed by atoms with E-state index in [1.54, 1.807) is 12.1 Å². The first-order valence-electron chi connectivity index (χ1n) is 9.31. The summed E-state index contributed by atoms with van der Waals surface area (Å²) in [5.41, 5.74) is 2.67. The predicted octanol–water partition coefficient (Wildman–Crippen LogP) is 4.32. The van der Waals surface area contributed by atoms with Gasteiger partial charge in [0.15, 0.2) is 0 Å². The van der Waals surface area contributed by atoms with Crippen LogP contribution in [-0.2, 0) is 17.8 Å². The molecule has 1 aromatic heterocycles. The van der Waals surface area contributed by atoms with Crippen molar-refractivity contribution in [1.29, 1.82) is 0 Å². The van der Waals surface area contributed by atoms with Crippen LogP contribution in [0, 0.1) is 11.2 Å². The molecule has 0 saturated heterocycles. The number of para-hydroxylation sites is 2. The van der Waals surface area contributed by atoms with E-state index in [0.717, 1.165) is 35.3 Å². The van der Waals surface area contributed by atoms with Crippen LogP contribution in [0.3, 0.4) is 0 Å². The molecule has 1 N–H and O–H groups in total. The highest BCUT2D eigenvalue weighted by molar-refractivity contribution is 5.81. The van der Waals surface area contributed by atoms with E-state index in [1.807, 2.05) is 39.0 Å². The van der Waals surface area contributed by atoms with Crippen LogP contribution < -0.4 is 5.32 Å². The number of amides is 1. The fourth-order valence-electron chi connectivity index (χ4n) is 2.98. The molecule has 3 aromatic rings. The van der Waals surface area contributed by atoms with Gasteiger partial charge in [0.05, 0.1) is 11.0 Å². The third kappa shape index (κ3) is 4.73. The largest absolute Gasteiger partial charge is 0.356 e. The number of rotatable bonds is 6. The van der Waals surface area contributed by atoms with Gasteiger partial charge in [-0.3, -0.25) is 4.79 Å². The number of nitrogens with zero attached hydrogens (tertiary/aromatic N) is 2. The number of imidazole rings is 1. The van der Waals surface area contributed by atoms with Crippen LogP contribution in [0.2, 0.25) is 0 Å². The lowest BCUT2D eigenvalue weighted by molar-refractivity contribution is -0.128. The lowest BCUT2D eigenvalue weighted by atomic mass is 9.96. The van der Waals surface area contributed by atoms with Gasteiger partial charge >= 0.3 is 0 Å². The van der Waals surface area contributed by atoms with E-state index in [0.29, 0.717) is 13.1 Å². The molecule has 0 aliphatic carbocycles. The minimum atomic E-state index is -0.379. The lowest BCUT2D eigenvalue weighted by Gasteiger charge is -2.17. The van der Waals surface area contributed by atoms with E-state index in [-0.39, 0.29) is 17.1 Å². The van der Waals surface area contributed by atoms with E-state index < -0.39 is 0 Å². The Balaban J connectivity index is 1.74. The van der Waals surface area contributed by atoms with Gasteiger partial charge in [-0.15, -0.1) is 0 Å². The molecule has 5 heteroatoms. The molecule has 4 nitrogen and oxygen atoms in total. The van der Waals surface area contributed by atoms with Crippen molar-refractivity contribution < 1.29 is 9.18 Å². The van der Waals surface area contributed by atoms with Crippen molar-refractivity contribution >= 4 is 16.9 Å². The number of aromatic nitrogens is 2. The van der Waals surface area contributed by atoms with E-state index in [2.05, 4.69) is 16.0 Å². The van der Waals surface area contributed by atoms with Gasteiger partial charge in [-0.05, 0) is 36.2 Å². The molecule has 0 aliphatic heterocycles. The highest BCUT2D eigenvalue weighted by atomic mass is 19.1. The molecule has 1 heterocycles. The molecular weight excluding hydrogens is 341 g/mol. The second-order valence-electron chi connectivity index (χ2n) is 7.84. The minimum Gasteiger partial charge on any atom is -0.356 e. The molecule has 0 radical (unpaired) electrons. The second kappa shape index (κ2) is 7.91. The van der Waals surface area contributed by atoms with Crippen LogP contribution in [0.15, 0.2) is 48.5 Å². The van der Waals surface area contributed by atoms with Crippen LogP contribution in [0.5, 0.6) is 0 Å². The van der Waals surface area contributed by atoms with E-state index in [4.69, 9.17) is 4.98 Å². The number of nitrogens with one attached hydrogen (secondary N) is 1. The van der Waals surface area contributed by atoms with Crippen molar-refractivity contribution in [2.75, 3.05) is 6.54 Å². The summed E-state index contributed by atoms with van der Waals surface area (Å²) in [7, 11) is 0. The van der Waals surface area contributed by atoms with Crippen LogP contribution in [0.1, 0.15) is 38.6 Å². The summed E-state index contributed by atoms with van der Waals surface area (Å²) < 4.78 is 15.4. The van der Waals surface area contributed by atoms with E-state index in [1.165, 1.54) is 12.1 Å². The summed E-state index contributed by atoms with van der Waals surface area (Å²) in [6.45, 7) is 6.99. The van der Waals surface area contributed by atoms with Gasteiger partial charge in [0.1, 0.15) is 11.6 Å². The third-order valence-corrected chi connectivity index (χ3v) is 4.53. The standard InChI is InChI=1S/C22H26FN3O/c1-22(2,3)21(27)24-14-6-9-20-25-18-7-4-5-8-19(18)26(20)15-16-10-12-17(23)13-11-16/h4-5,7-8,10-13H,6,9,14-15H2,1-3H3,(H,24,27). The molecule has 0 saturated carbocycles. The van der Waals surface area contributed by atoms with Gasteiger partial charge < -0.3 is 9.88 Å². The molecule has 0 bridgehead atoms. The smallest absolute Gasteiger partial charge is 0.225 e.